The zero-order valence-electron chi connectivity index (χ0n) is 18.3. The third-order valence-electron chi connectivity index (χ3n) is 6.70. The number of nitrogens with one attached hydrogen (secondary N) is 1. The molecule has 0 amide bonds. The van der Waals surface area contributed by atoms with E-state index in [0.717, 1.165) is 55.2 Å². The monoisotopic (exact) mass is 446 g/mol. The van der Waals surface area contributed by atoms with Crippen LogP contribution in [0.25, 0.3) is 0 Å². The smallest absolute Gasteiger partial charge is 0.346 e. The fraction of sp³-hybridized carbons (Fsp3) is 0.591. The lowest BCUT2D eigenvalue weighted by Crippen LogP contribution is -2.51. The standard InChI is InChI=1S/C22H31ClN6O2/c1-26-21(30)20(25-27(2)22(26)31)24-15-16-6-8-18(9-7-16)28-10-12-29(13-11-28)19-5-3-4-17(23)14-19/h3-5,14,16,18H,6-13,15H2,1-2H3,(H,24,25). The molecule has 1 aromatic heterocycles. The fourth-order valence-electron chi connectivity index (χ4n) is 4.78. The maximum atomic E-state index is 12.2. The maximum absolute atomic E-state index is 12.2. The molecule has 1 aliphatic heterocycles. The Hall–Kier alpha value is -2.32. The first-order valence-corrected chi connectivity index (χ1v) is 11.4. The summed E-state index contributed by atoms with van der Waals surface area (Å²) in [5, 5.41) is 8.05. The lowest BCUT2D eigenvalue weighted by atomic mass is 9.85. The summed E-state index contributed by atoms with van der Waals surface area (Å²) in [5.74, 6) is 0.775. The first-order chi connectivity index (χ1) is 14.9. The Morgan fingerprint density at radius 3 is 2.45 bits per heavy atom. The van der Waals surface area contributed by atoms with Crippen LogP contribution in [0.5, 0.6) is 0 Å². The van der Waals surface area contributed by atoms with Crippen LogP contribution >= 0.6 is 11.6 Å². The molecule has 1 saturated heterocycles. The molecule has 168 valence electrons. The van der Waals surface area contributed by atoms with Crippen molar-refractivity contribution in [3.8, 4) is 0 Å². The topological polar surface area (TPSA) is 75.4 Å². The zero-order valence-corrected chi connectivity index (χ0v) is 19.0. The molecule has 2 fully saturated rings. The van der Waals surface area contributed by atoms with Gasteiger partial charge in [-0.25, -0.2) is 9.48 Å². The van der Waals surface area contributed by atoms with E-state index in [2.05, 4.69) is 26.3 Å². The van der Waals surface area contributed by atoms with Crippen molar-refractivity contribution in [3.63, 3.8) is 0 Å². The van der Waals surface area contributed by atoms with Gasteiger partial charge in [-0.15, -0.1) is 5.10 Å². The van der Waals surface area contributed by atoms with Gasteiger partial charge in [0.25, 0.3) is 5.56 Å². The molecule has 1 saturated carbocycles. The lowest BCUT2D eigenvalue weighted by Gasteiger charge is -2.42. The summed E-state index contributed by atoms with van der Waals surface area (Å²) in [6.07, 6.45) is 4.64. The number of rotatable bonds is 5. The van der Waals surface area contributed by atoms with E-state index in [9.17, 15) is 9.59 Å². The van der Waals surface area contributed by atoms with Gasteiger partial charge in [-0.1, -0.05) is 17.7 Å². The molecule has 2 aromatic rings. The van der Waals surface area contributed by atoms with Gasteiger partial charge in [0.05, 0.1) is 0 Å². The Morgan fingerprint density at radius 1 is 1.06 bits per heavy atom. The Kier molecular flexibility index (Phi) is 6.67. The summed E-state index contributed by atoms with van der Waals surface area (Å²) in [4.78, 5) is 29.0. The second kappa shape index (κ2) is 9.44. The minimum absolute atomic E-state index is 0.254. The zero-order chi connectivity index (χ0) is 22.0. The first-order valence-electron chi connectivity index (χ1n) is 11.0. The lowest BCUT2D eigenvalue weighted by molar-refractivity contribution is 0.131. The van der Waals surface area contributed by atoms with Gasteiger partial charge in [-0.2, -0.15) is 0 Å². The molecule has 0 bridgehead atoms. The molecule has 8 nitrogen and oxygen atoms in total. The largest absolute Gasteiger partial charge is 0.369 e. The van der Waals surface area contributed by atoms with Gasteiger partial charge in [-0.05, 0) is 49.8 Å². The number of halogens is 1. The van der Waals surface area contributed by atoms with Gasteiger partial charge in [0.1, 0.15) is 0 Å². The molecule has 4 rings (SSSR count). The van der Waals surface area contributed by atoms with E-state index in [1.54, 1.807) is 7.05 Å². The number of hydrogen-bond donors (Lipinski definition) is 1. The third kappa shape index (κ3) is 4.96. The average Bonchev–Trinajstić information content (AvgIpc) is 2.80. The van der Waals surface area contributed by atoms with Gasteiger partial charge in [-0.3, -0.25) is 14.3 Å². The number of hydrogen-bond acceptors (Lipinski definition) is 6. The normalized spacial score (nSPS) is 22.5. The highest BCUT2D eigenvalue weighted by molar-refractivity contribution is 6.30. The summed E-state index contributed by atoms with van der Waals surface area (Å²) in [5.41, 5.74) is 0.431. The summed E-state index contributed by atoms with van der Waals surface area (Å²) in [6.45, 7) is 4.94. The minimum atomic E-state index is -0.411. The van der Waals surface area contributed by atoms with E-state index >= 15 is 0 Å². The van der Waals surface area contributed by atoms with Crippen molar-refractivity contribution in [2.24, 2.45) is 20.0 Å². The number of piperazine rings is 1. The van der Waals surface area contributed by atoms with Gasteiger partial charge in [0.15, 0.2) is 0 Å². The molecule has 1 aromatic carbocycles. The van der Waals surface area contributed by atoms with Crippen molar-refractivity contribution in [1.82, 2.24) is 19.2 Å². The third-order valence-corrected chi connectivity index (χ3v) is 6.93. The fourth-order valence-corrected chi connectivity index (χ4v) is 4.97. The van der Waals surface area contributed by atoms with E-state index in [1.807, 2.05) is 18.2 Å². The molecule has 0 atom stereocenters. The minimum Gasteiger partial charge on any atom is -0.369 e. The Balaban J connectivity index is 1.24. The van der Waals surface area contributed by atoms with Crippen LogP contribution in [0.2, 0.25) is 5.02 Å². The number of benzene rings is 1. The van der Waals surface area contributed by atoms with Gasteiger partial charge >= 0.3 is 5.69 Å². The predicted molar refractivity (Wildman–Crippen MR) is 124 cm³/mol. The van der Waals surface area contributed by atoms with Crippen molar-refractivity contribution < 1.29 is 0 Å². The van der Waals surface area contributed by atoms with Crippen LogP contribution in [-0.2, 0) is 14.1 Å². The average molecular weight is 447 g/mol. The Bertz CT molecular complexity index is 1020. The quantitative estimate of drug-likeness (QED) is 0.756. The molecule has 1 N–H and O–H groups in total. The molecule has 31 heavy (non-hydrogen) atoms. The van der Waals surface area contributed by atoms with Gasteiger partial charge < -0.3 is 10.2 Å². The molecule has 2 heterocycles. The molecular formula is C22H31ClN6O2. The van der Waals surface area contributed by atoms with E-state index in [-0.39, 0.29) is 11.4 Å². The van der Waals surface area contributed by atoms with Crippen LogP contribution in [0, 0.1) is 5.92 Å². The van der Waals surface area contributed by atoms with Crippen LogP contribution in [0.3, 0.4) is 0 Å². The molecule has 9 heteroatoms. The van der Waals surface area contributed by atoms with Crippen molar-refractivity contribution in [1.29, 1.82) is 0 Å². The van der Waals surface area contributed by atoms with Crippen molar-refractivity contribution >= 4 is 23.1 Å². The van der Waals surface area contributed by atoms with Crippen molar-refractivity contribution in [2.75, 3.05) is 42.9 Å². The summed E-state index contributed by atoms with van der Waals surface area (Å²) in [6, 6.07) is 8.75. The van der Waals surface area contributed by atoms with E-state index < -0.39 is 5.69 Å². The highest BCUT2D eigenvalue weighted by atomic mass is 35.5. The highest BCUT2D eigenvalue weighted by Crippen LogP contribution is 2.29. The van der Waals surface area contributed by atoms with Crippen LogP contribution in [0.15, 0.2) is 33.9 Å². The van der Waals surface area contributed by atoms with Crippen LogP contribution in [-0.4, -0.2) is 58.0 Å². The molecule has 0 radical (unpaired) electrons. The van der Waals surface area contributed by atoms with E-state index in [1.165, 1.54) is 30.3 Å². The summed E-state index contributed by atoms with van der Waals surface area (Å²) >= 11 is 6.14. The molecule has 2 aliphatic rings. The van der Waals surface area contributed by atoms with Crippen molar-refractivity contribution in [2.45, 2.75) is 31.7 Å². The number of aryl methyl sites for hydroxylation is 1. The summed E-state index contributed by atoms with van der Waals surface area (Å²) in [7, 11) is 3.04. The molecule has 0 spiro atoms. The highest BCUT2D eigenvalue weighted by Gasteiger charge is 2.28. The molecule has 1 aliphatic carbocycles. The Labute approximate surface area is 187 Å². The van der Waals surface area contributed by atoms with E-state index in [0.29, 0.717) is 12.0 Å². The molecule has 0 unspecified atom stereocenters. The number of anilines is 2. The Morgan fingerprint density at radius 2 is 1.77 bits per heavy atom. The SMILES string of the molecule is Cn1nc(NCC2CCC(N3CCN(c4cccc(Cl)c4)CC3)CC2)c(=O)n(C)c1=O. The van der Waals surface area contributed by atoms with E-state index in [4.69, 9.17) is 11.6 Å². The van der Waals surface area contributed by atoms with Gasteiger partial charge in [0, 0.05) is 63.6 Å². The van der Waals surface area contributed by atoms with Crippen molar-refractivity contribution in [3.05, 3.63) is 50.1 Å². The van der Waals surface area contributed by atoms with Gasteiger partial charge in [0.2, 0.25) is 5.82 Å². The number of nitrogens with zero attached hydrogens (tertiary/aromatic N) is 5. The maximum Gasteiger partial charge on any atom is 0.346 e. The first kappa shape index (κ1) is 21.9. The number of aromatic nitrogens is 3. The van der Waals surface area contributed by atoms with Crippen LogP contribution in [0.1, 0.15) is 25.7 Å². The second-order valence-corrected chi connectivity index (χ2v) is 9.11. The van der Waals surface area contributed by atoms with Crippen LogP contribution < -0.4 is 21.5 Å². The summed E-state index contributed by atoms with van der Waals surface area (Å²) < 4.78 is 2.29. The predicted octanol–water partition coefficient (Wildman–Crippen LogP) is 1.93. The van der Waals surface area contributed by atoms with Crippen LogP contribution in [0.4, 0.5) is 11.5 Å². The second-order valence-electron chi connectivity index (χ2n) is 8.68. The molecular weight excluding hydrogens is 416 g/mol.